The van der Waals surface area contributed by atoms with Gasteiger partial charge in [0.25, 0.3) is 5.89 Å². The lowest BCUT2D eigenvalue weighted by Gasteiger charge is -2.36. The van der Waals surface area contributed by atoms with Crippen molar-refractivity contribution in [2.24, 2.45) is 0 Å². The molecule has 1 aromatic carbocycles. The Balaban J connectivity index is 1.44. The van der Waals surface area contributed by atoms with E-state index >= 15 is 0 Å². The minimum Gasteiger partial charge on any atom is -0.393 e. The number of hydrogen-bond donors (Lipinski definition) is 2. The van der Waals surface area contributed by atoms with Gasteiger partial charge in [0.05, 0.1) is 6.10 Å². The molecule has 1 amide bonds. The standard InChI is InChI=1S/C18H23N3O4/c1-18(9-7-14(22)8-10-18)20-15(23)11-24-12-16-19-17(21-25-16)13-5-3-2-4-6-13/h2-6,14,22H,7-12H2,1H3,(H,20,23). The molecule has 0 unspecified atom stereocenters. The van der Waals surface area contributed by atoms with Crippen LogP contribution in [0.15, 0.2) is 34.9 Å². The third kappa shape index (κ3) is 4.87. The topological polar surface area (TPSA) is 97.5 Å². The van der Waals surface area contributed by atoms with Gasteiger partial charge in [-0.2, -0.15) is 4.98 Å². The van der Waals surface area contributed by atoms with Gasteiger partial charge in [-0.3, -0.25) is 4.79 Å². The zero-order valence-electron chi connectivity index (χ0n) is 14.3. The lowest BCUT2D eigenvalue weighted by Crippen LogP contribution is -2.50. The second-order valence-electron chi connectivity index (χ2n) is 6.71. The molecule has 1 heterocycles. The molecule has 0 bridgehead atoms. The van der Waals surface area contributed by atoms with Crippen molar-refractivity contribution >= 4 is 5.91 Å². The van der Waals surface area contributed by atoms with Gasteiger partial charge in [-0.05, 0) is 32.6 Å². The average molecular weight is 345 g/mol. The van der Waals surface area contributed by atoms with Crippen LogP contribution in [0.1, 0.15) is 38.5 Å². The summed E-state index contributed by atoms with van der Waals surface area (Å²) < 4.78 is 10.5. The summed E-state index contributed by atoms with van der Waals surface area (Å²) in [6.07, 6.45) is 2.70. The molecule has 2 N–H and O–H groups in total. The molecule has 0 atom stereocenters. The predicted molar refractivity (Wildman–Crippen MR) is 90.4 cm³/mol. The molecule has 1 aliphatic rings. The Hall–Kier alpha value is -2.25. The smallest absolute Gasteiger partial charge is 0.252 e. The highest BCUT2D eigenvalue weighted by Gasteiger charge is 2.31. The van der Waals surface area contributed by atoms with E-state index in [1.807, 2.05) is 37.3 Å². The van der Waals surface area contributed by atoms with Gasteiger partial charge in [-0.15, -0.1) is 0 Å². The van der Waals surface area contributed by atoms with Crippen LogP contribution in [0.2, 0.25) is 0 Å². The van der Waals surface area contributed by atoms with Crippen molar-refractivity contribution in [1.82, 2.24) is 15.5 Å². The monoisotopic (exact) mass is 345 g/mol. The molecule has 2 aromatic rings. The Bertz CT molecular complexity index is 693. The highest BCUT2D eigenvalue weighted by Crippen LogP contribution is 2.27. The summed E-state index contributed by atoms with van der Waals surface area (Å²) in [5, 5.41) is 16.5. The number of aromatic nitrogens is 2. The summed E-state index contributed by atoms with van der Waals surface area (Å²) in [5.41, 5.74) is 0.590. The van der Waals surface area contributed by atoms with Gasteiger partial charge in [-0.25, -0.2) is 0 Å². The number of aliphatic hydroxyl groups excluding tert-OH is 1. The molecule has 0 aliphatic heterocycles. The van der Waals surface area contributed by atoms with Crippen LogP contribution in [0.3, 0.4) is 0 Å². The highest BCUT2D eigenvalue weighted by molar-refractivity contribution is 5.78. The molecule has 1 aliphatic carbocycles. The summed E-state index contributed by atoms with van der Waals surface area (Å²) in [7, 11) is 0. The summed E-state index contributed by atoms with van der Waals surface area (Å²) in [4.78, 5) is 16.3. The van der Waals surface area contributed by atoms with Crippen LogP contribution in [0.25, 0.3) is 11.4 Å². The molecule has 134 valence electrons. The molecule has 1 aromatic heterocycles. The summed E-state index contributed by atoms with van der Waals surface area (Å²) >= 11 is 0. The first-order valence-electron chi connectivity index (χ1n) is 8.49. The van der Waals surface area contributed by atoms with Crippen LogP contribution in [0.5, 0.6) is 0 Å². The maximum Gasteiger partial charge on any atom is 0.252 e. The molecule has 0 spiro atoms. The lowest BCUT2D eigenvalue weighted by atomic mass is 9.82. The first kappa shape index (κ1) is 17.6. The molecular weight excluding hydrogens is 322 g/mol. The van der Waals surface area contributed by atoms with Crippen LogP contribution < -0.4 is 5.32 Å². The van der Waals surface area contributed by atoms with Gasteiger partial charge in [0.2, 0.25) is 11.7 Å². The van der Waals surface area contributed by atoms with Crippen LogP contribution in [-0.2, 0) is 16.1 Å². The number of amides is 1. The normalized spacial score (nSPS) is 23.4. The van der Waals surface area contributed by atoms with E-state index in [2.05, 4.69) is 15.5 Å². The molecule has 7 heteroatoms. The number of carbonyl (C=O) groups excluding carboxylic acids is 1. The molecule has 25 heavy (non-hydrogen) atoms. The van der Waals surface area contributed by atoms with Crippen molar-refractivity contribution in [2.45, 2.75) is 50.9 Å². The zero-order valence-corrected chi connectivity index (χ0v) is 14.3. The Morgan fingerprint density at radius 2 is 2.08 bits per heavy atom. The van der Waals surface area contributed by atoms with E-state index in [0.717, 1.165) is 18.4 Å². The molecule has 7 nitrogen and oxygen atoms in total. The largest absolute Gasteiger partial charge is 0.393 e. The first-order valence-corrected chi connectivity index (χ1v) is 8.49. The maximum atomic E-state index is 12.0. The van der Waals surface area contributed by atoms with Crippen molar-refractivity contribution in [1.29, 1.82) is 0 Å². The van der Waals surface area contributed by atoms with Gasteiger partial charge >= 0.3 is 0 Å². The maximum absolute atomic E-state index is 12.0. The molecule has 0 radical (unpaired) electrons. The predicted octanol–water partition coefficient (Wildman–Crippen LogP) is 2.06. The van der Waals surface area contributed by atoms with Crippen LogP contribution in [0.4, 0.5) is 0 Å². The van der Waals surface area contributed by atoms with Crippen LogP contribution in [0, 0.1) is 0 Å². The number of ether oxygens (including phenoxy) is 1. The second kappa shape index (κ2) is 7.76. The quantitative estimate of drug-likeness (QED) is 0.832. The fourth-order valence-electron chi connectivity index (χ4n) is 2.99. The lowest BCUT2D eigenvalue weighted by molar-refractivity contribution is -0.128. The van der Waals surface area contributed by atoms with Crippen molar-refractivity contribution in [3.63, 3.8) is 0 Å². The van der Waals surface area contributed by atoms with E-state index in [-0.39, 0.29) is 30.8 Å². The average Bonchev–Trinajstić information content (AvgIpc) is 3.07. The Labute approximate surface area is 146 Å². The number of aliphatic hydroxyl groups is 1. The molecular formula is C18H23N3O4. The van der Waals surface area contributed by atoms with Crippen LogP contribution >= 0.6 is 0 Å². The van der Waals surface area contributed by atoms with Crippen molar-refractivity contribution < 1.29 is 19.2 Å². The number of nitrogens with one attached hydrogen (secondary N) is 1. The van der Waals surface area contributed by atoms with E-state index in [1.165, 1.54) is 0 Å². The van der Waals surface area contributed by atoms with Crippen molar-refractivity contribution in [3.8, 4) is 11.4 Å². The number of rotatable bonds is 6. The third-order valence-electron chi connectivity index (χ3n) is 4.46. The summed E-state index contributed by atoms with van der Waals surface area (Å²) in [5.74, 6) is 0.650. The van der Waals surface area contributed by atoms with Gasteiger partial charge in [0.15, 0.2) is 0 Å². The van der Waals surface area contributed by atoms with Crippen LogP contribution in [-0.4, -0.2) is 39.4 Å². The fraction of sp³-hybridized carbons (Fsp3) is 0.500. The second-order valence-corrected chi connectivity index (χ2v) is 6.71. The first-order chi connectivity index (χ1) is 12.0. The Morgan fingerprint density at radius 3 is 2.80 bits per heavy atom. The van der Waals surface area contributed by atoms with Gasteiger partial charge < -0.3 is 19.7 Å². The van der Waals surface area contributed by atoms with E-state index in [0.29, 0.717) is 24.6 Å². The third-order valence-corrected chi connectivity index (χ3v) is 4.46. The molecule has 1 fully saturated rings. The summed E-state index contributed by atoms with van der Waals surface area (Å²) in [6.45, 7) is 2.02. The van der Waals surface area contributed by atoms with E-state index in [9.17, 15) is 9.90 Å². The zero-order chi connectivity index (χ0) is 17.7. The molecule has 0 saturated heterocycles. The van der Waals surface area contributed by atoms with Crippen molar-refractivity contribution in [3.05, 3.63) is 36.2 Å². The minimum absolute atomic E-state index is 0.0683. The number of benzene rings is 1. The number of carbonyl (C=O) groups is 1. The number of hydrogen-bond acceptors (Lipinski definition) is 6. The molecule has 3 rings (SSSR count). The molecule has 1 saturated carbocycles. The SMILES string of the molecule is CC1(NC(=O)COCc2nc(-c3ccccc3)no2)CCC(O)CC1. The van der Waals surface area contributed by atoms with E-state index in [4.69, 9.17) is 9.26 Å². The fourth-order valence-corrected chi connectivity index (χ4v) is 2.99. The Morgan fingerprint density at radius 1 is 1.36 bits per heavy atom. The Kier molecular flexibility index (Phi) is 5.45. The van der Waals surface area contributed by atoms with Crippen molar-refractivity contribution in [2.75, 3.05) is 6.61 Å². The summed E-state index contributed by atoms with van der Waals surface area (Å²) in [6, 6.07) is 9.50. The van der Waals surface area contributed by atoms with Gasteiger partial charge in [-0.1, -0.05) is 35.5 Å². The van der Waals surface area contributed by atoms with E-state index < -0.39 is 0 Å². The number of nitrogens with zero attached hydrogens (tertiary/aromatic N) is 2. The highest BCUT2D eigenvalue weighted by atomic mass is 16.5. The van der Waals surface area contributed by atoms with Gasteiger partial charge in [0.1, 0.15) is 13.2 Å². The minimum atomic E-state index is -0.273. The van der Waals surface area contributed by atoms with E-state index in [1.54, 1.807) is 0 Å². The van der Waals surface area contributed by atoms with Gasteiger partial charge in [0, 0.05) is 11.1 Å².